The van der Waals surface area contributed by atoms with Gasteiger partial charge in [-0.15, -0.1) is 0 Å². The van der Waals surface area contributed by atoms with Crippen molar-refractivity contribution in [2.24, 2.45) is 0 Å². The van der Waals surface area contributed by atoms with Crippen molar-refractivity contribution in [2.75, 3.05) is 13.7 Å². The quantitative estimate of drug-likeness (QED) is 0.701. The van der Waals surface area contributed by atoms with Crippen LogP contribution in [0, 0.1) is 6.92 Å². The van der Waals surface area contributed by atoms with Crippen molar-refractivity contribution < 1.29 is 13.9 Å². The molecular formula is C16H21N3O3. The Morgan fingerprint density at radius 1 is 1.55 bits per heavy atom. The van der Waals surface area contributed by atoms with Crippen LogP contribution in [-0.2, 0) is 29.2 Å². The second-order valence-corrected chi connectivity index (χ2v) is 5.00. The van der Waals surface area contributed by atoms with E-state index in [0.29, 0.717) is 26.2 Å². The molecule has 2 heterocycles. The third kappa shape index (κ3) is 4.08. The highest BCUT2D eigenvalue weighted by molar-refractivity contribution is 5.86. The lowest BCUT2D eigenvalue weighted by Gasteiger charge is -2.20. The van der Waals surface area contributed by atoms with Crippen molar-refractivity contribution >= 4 is 5.91 Å². The Morgan fingerprint density at radius 3 is 3.00 bits per heavy atom. The van der Waals surface area contributed by atoms with Gasteiger partial charge >= 0.3 is 0 Å². The molecule has 0 aliphatic heterocycles. The molecule has 0 bridgehead atoms. The van der Waals surface area contributed by atoms with E-state index in [1.54, 1.807) is 29.2 Å². The summed E-state index contributed by atoms with van der Waals surface area (Å²) in [4.78, 5) is 13.8. The summed E-state index contributed by atoms with van der Waals surface area (Å²) in [6.07, 6.45) is 6.64. The summed E-state index contributed by atoms with van der Waals surface area (Å²) in [6.45, 7) is 7.70. The van der Waals surface area contributed by atoms with E-state index in [9.17, 15) is 4.79 Å². The normalized spacial score (nSPS) is 10.6. The van der Waals surface area contributed by atoms with Crippen LogP contribution in [0.4, 0.5) is 0 Å². The molecule has 0 unspecified atom stereocenters. The second kappa shape index (κ2) is 7.61. The molecule has 0 atom stereocenters. The third-order valence-corrected chi connectivity index (χ3v) is 3.40. The molecule has 0 N–H and O–H groups in total. The molecule has 2 aromatic heterocycles. The number of furan rings is 1. The summed E-state index contributed by atoms with van der Waals surface area (Å²) in [5.74, 6) is 0.697. The fraction of sp³-hybridized carbons (Fsp3) is 0.375. The average Bonchev–Trinajstić information content (AvgIpc) is 3.13. The Kier molecular flexibility index (Phi) is 5.55. The number of carbonyl (C=O) groups excluding carboxylic acids is 1. The number of aromatic nitrogens is 2. The van der Waals surface area contributed by atoms with Gasteiger partial charge in [0.1, 0.15) is 5.76 Å². The molecule has 1 amide bonds. The molecule has 0 saturated heterocycles. The molecule has 6 nitrogen and oxygen atoms in total. The summed E-state index contributed by atoms with van der Waals surface area (Å²) in [6, 6.07) is 1.88. The fourth-order valence-electron chi connectivity index (χ4n) is 2.14. The van der Waals surface area contributed by atoms with Crippen LogP contribution in [-0.4, -0.2) is 34.3 Å². The molecule has 2 aromatic rings. The number of hydrogen-bond acceptors (Lipinski definition) is 4. The summed E-state index contributed by atoms with van der Waals surface area (Å²) in [7, 11) is 1.65. The Morgan fingerprint density at radius 2 is 2.36 bits per heavy atom. The maximum Gasteiger partial charge on any atom is 0.246 e. The van der Waals surface area contributed by atoms with Gasteiger partial charge in [0.15, 0.2) is 0 Å². The van der Waals surface area contributed by atoms with Gasteiger partial charge in [-0.3, -0.25) is 9.48 Å². The first-order chi connectivity index (χ1) is 10.6. The Labute approximate surface area is 130 Å². The standard InChI is InChI=1S/C16H21N3O3/c1-4-16(20)18(12-15-5-7-22-13(15)2)10-14-9-17-19(11-14)6-8-21-3/h4-5,7,9,11H,1,6,8,10,12H2,2-3H3. The van der Waals surface area contributed by atoms with E-state index < -0.39 is 0 Å². The largest absolute Gasteiger partial charge is 0.469 e. The van der Waals surface area contributed by atoms with Gasteiger partial charge in [0.25, 0.3) is 0 Å². The van der Waals surface area contributed by atoms with Crippen LogP contribution in [0.3, 0.4) is 0 Å². The zero-order chi connectivity index (χ0) is 15.9. The van der Waals surface area contributed by atoms with Crippen LogP contribution < -0.4 is 0 Å². The number of carbonyl (C=O) groups is 1. The highest BCUT2D eigenvalue weighted by atomic mass is 16.5. The first kappa shape index (κ1) is 16.0. The number of rotatable bonds is 8. The van der Waals surface area contributed by atoms with Crippen molar-refractivity contribution in [3.05, 3.63) is 54.3 Å². The summed E-state index contributed by atoms with van der Waals surface area (Å²) >= 11 is 0. The lowest BCUT2D eigenvalue weighted by atomic mass is 10.2. The van der Waals surface area contributed by atoms with E-state index >= 15 is 0 Å². The van der Waals surface area contributed by atoms with Crippen molar-refractivity contribution in [3.63, 3.8) is 0 Å². The van der Waals surface area contributed by atoms with Gasteiger partial charge in [0, 0.05) is 37.5 Å². The average molecular weight is 303 g/mol. The molecule has 22 heavy (non-hydrogen) atoms. The van der Waals surface area contributed by atoms with Crippen LogP contribution in [0.5, 0.6) is 0 Å². The first-order valence-corrected chi connectivity index (χ1v) is 7.08. The van der Waals surface area contributed by atoms with Crippen molar-refractivity contribution in [1.82, 2.24) is 14.7 Å². The maximum absolute atomic E-state index is 12.1. The van der Waals surface area contributed by atoms with Crippen LogP contribution in [0.2, 0.25) is 0 Å². The maximum atomic E-state index is 12.1. The van der Waals surface area contributed by atoms with Gasteiger partial charge in [-0.05, 0) is 19.1 Å². The number of methoxy groups -OCH3 is 1. The second-order valence-electron chi connectivity index (χ2n) is 5.00. The molecule has 0 radical (unpaired) electrons. The highest BCUT2D eigenvalue weighted by Crippen LogP contribution is 2.14. The topological polar surface area (TPSA) is 60.5 Å². The van der Waals surface area contributed by atoms with E-state index in [1.165, 1.54) is 6.08 Å². The van der Waals surface area contributed by atoms with Crippen LogP contribution in [0.15, 0.2) is 41.8 Å². The molecular weight excluding hydrogens is 282 g/mol. The highest BCUT2D eigenvalue weighted by Gasteiger charge is 2.15. The van der Waals surface area contributed by atoms with Crippen molar-refractivity contribution in [2.45, 2.75) is 26.6 Å². The molecule has 0 spiro atoms. The zero-order valence-electron chi connectivity index (χ0n) is 13.0. The minimum atomic E-state index is -0.120. The number of hydrogen-bond donors (Lipinski definition) is 0. The van der Waals surface area contributed by atoms with E-state index in [-0.39, 0.29) is 5.91 Å². The van der Waals surface area contributed by atoms with Gasteiger partial charge in [-0.25, -0.2) is 0 Å². The van der Waals surface area contributed by atoms with Crippen molar-refractivity contribution in [1.29, 1.82) is 0 Å². The molecule has 6 heteroatoms. The Balaban J connectivity index is 2.06. The zero-order valence-corrected chi connectivity index (χ0v) is 13.0. The minimum absolute atomic E-state index is 0.120. The molecule has 0 fully saturated rings. The molecule has 0 aliphatic rings. The van der Waals surface area contributed by atoms with Gasteiger partial charge in [0.05, 0.1) is 25.6 Å². The molecule has 118 valence electrons. The predicted octanol–water partition coefficient (Wildman–Crippen LogP) is 2.15. The van der Waals surface area contributed by atoms with E-state index in [4.69, 9.17) is 9.15 Å². The smallest absolute Gasteiger partial charge is 0.246 e. The van der Waals surface area contributed by atoms with Crippen LogP contribution in [0.1, 0.15) is 16.9 Å². The van der Waals surface area contributed by atoms with E-state index in [0.717, 1.165) is 16.9 Å². The number of amides is 1. The minimum Gasteiger partial charge on any atom is -0.469 e. The molecule has 0 saturated carbocycles. The Hall–Kier alpha value is -2.34. The summed E-state index contributed by atoms with van der Waals surface area (Å²) < 4.78 is 12.1. The Bertz CT molecular complexity index is 630. The van der Waals surface area contributed by atoms with Gasteiger partial charge < -0.3 is 14.1 Å². The number of aryl methyl sites for hydroxylation is 1. The van der Waals surface area contributed by atoms with E-state index in [1.807, 2.05) is 19.2 Å². The predicted molar refractivity (Wildman–Crippen MR) is 82.0 cm³/mol. The van der Waals surface area contributed by atoms with Crippen LogP contribution in [0.25, 0.3) is 0 Å². The SMILES string of the molecule is C=CC(=O)N(Cc1cnn(CCOC)c1)Cc1ccoc1C. The van der Waals surface area contributed by atoms with Crippen LogP contribution >= 0.6 is 0 Å². The lowest BCUT2D eigenvalue weighted by Crippen LogP contribution is -2.28. The number of ether oxygens (including phenoxy) is 1. The molecule has 2 rings (SSSR count). The molecule has 0 aliphatic carbocycles. The van der Waals surface area contributed by atoms with Gasteiger partial charge in [-0.2, -0.15) is 5.10 Å². The van der Waals surface area contributed by atoms with E-state index in [2.05, 4.69) is 11.7 Å². The third-order valence-electron chi connectivity index (χ3n) is 3.40. The summed E-state index contributed by atoms with van der Waals surface area (Å²) in [5, 5.41) is 4.26. The van der Waals surface area contributed by atoms with Gasteiger partial charge in [-0.1, -0.05) is 6.58 Å². The summed E-state index contributed by atoms with van der Waals surface area (Å²) in [5.41, 5.74) is 1.95. The van der Waals surface area contributed by atoms with Crippen molar-refractivity contribution in [3.8, 4) is 0 Å². The monoisotopic (exact) mass is 303 g/mol. The fourth-order valence-corrected chi connectivity index (χ4v) is 2.14. The molecule has 0 aromatic carbocycles. The lowest BCUT2D eigenvalue weighted by molar-refractivity contribution is -0.127. The number of nitrogens with zero attached hydrogens (tertiary/aromatic N) is 3. The first-order valence-electron chi connectivity index (χ1n) is 7.08. The van der Waals surface area contributed by atoms with Gasteiger partial charge in [0.2, 0.25) is 5.91 Å².